The number of nitrogens with zero attached hydrogens (tertiary/aromatic N) is 1. The predicted molar refractivity (Wildman–Crippen MR) is 74.1 cm³/mol. The number of hydrogen-bond acceptors (Lipinski definition) is 2. The van der Waals surface area contributed by atoms with Crippen molar-refractivity contribution in [2.75, 3.05) is 6.54 Å². The van der Waals surface area contributed by atoms with Crippen LogP contribution in [-0.4, -0.2) is 41.5 Å². The maximum absolute atomic E-state index is 13.7. The number of piperidine rings is 1. The summed E-state index contributed by atoms with van der Waals surface area (Å²) in [5.41, 5.74) is -0.771. The number of hydrogen-bond donors (Lipinski definition) is 1. The maximum atomic E-state index is 13.7. The molecule has 4 nitrogen and oxygen atoms in total. The van der Waals surface area contributed by atoms with E-state index < -0.39 is 60.2 Å². The SMILES string of the molecule is CC(=O)N[C@@H]1CC[C@@H](C(F)(F)F)N(C(=O)c2cc(F)ccc2F)C1. The molecule has 0 aromatic heterocycles. The van der Waals surface area contributed by atoms with E-state index in [1.165, 1.54) is 6.92 Å². The monoisotopic (exact) mass is 350 g/mol. The molecule has 9 heteroatoms. The first-order valence-corrected chi connectivity index (χ1v) is 7.19. The second kappa shape index (κ2) is 6.74. The molecule has 1 heterocycles. The van der Waals surface area contributed by atoms with Crippen molar-refractivity contribution < 1.29 is 31.5 Å². The normalized spacial score (nSPS) is 21.5. The van der Waals surface area contributed by atoms with Crippen molar-refractivity contribution in [2.24, 2.45) is 0 Å². The Morgan fingerprint density at radius 1 is 1.21 bits per heavy atom. The Balaban J connectivity index is 2.33. The van der Waals surface area contributed by atoms with Crippen LogP contribution in [0.3, 0.4) is 0 Å². The molecule has 24 heavy (non-hydrogen) atoms. The number of halogens is 5. The van der Waals surface area contributed by atoms with E-state index in [4.69, 9.17) is 0 Å². The van der Waals surface area contributed by atoms with E-state index in [0.29, 0.717) is 17.0 Å². The van der Waals surface area contributed by atoms with Crippen LogP contribution in [-0.2, 0) is 4.79 Å². The van der Waals surface area contributed by atoms with Gasteiger partial charge in [-0.15, -0.1) is 0 Å². The summed E-state index contributed by atoms with van der Waals surface area (Å²) in [6, 6.07) is -0.781. The average molecular weight is 350 g/mol. The molecule has 1 aliphatic heterocycles. The van der Waals surface area contributed by atoms with E-state index in [9.17, 15) is 31.5 Å². The van der Waals surface area contributed by atoms with Crippen molar-refractivity contribution in [3.63, 3.8) is 0 Å². The molecule has 0 saturated carbocycles. The molecule has 0 aliphatic carbocycles. The van der Waals surface area contributed by atoms with Crippen molar-refractivity contribution in [3.8, 4) is 0 Å². The van der Waals surface area contributed by atoms with Gasteiger partial charge in [0.1, 0.15) is 17.7 Å². The van der Waals surface area contributed by atoms with E-state index in [1.807, 2.05) is 0 Å². The van der Waals surface area contributed by atoms with Crippen LogP contribution in [0.25, 0.3) is 0 Å². The number of carbonyl (C=O) groups excluding carboxylic acids is 2. The zero-order valence-corrected chi connectivity index (χ0v) is 12.7. The van der Waals surface area contributed by atoms with Gasteiger partial charge in [0, 0.05) is 19.5 Å². The van der Waals surface area contributed by atoms with Gasteiger partial charge < -0.3 is 10.2 Å². The fourth-order valence-corrected chi connectivity index (χ4v) is 2.76. The molecule has 0 radical (unpaired) electrons. The quantitative estimate of drug-likeness (QED) is 0.834. The van der Waals surface area contributed by atoms with Crippen LogP contribution in [0.2, 0.25) is 0 Å². The van der Waals surface area contributed by atoms with Gasteiger partial charge >= 0.3 is 6.18 Å². The van der Waals surface area contributed by atoms with Crippen LogP contribution in [0.1, 0.15) is 30.1 Å². The molecule has 0 bridgehead atoms. The van der Waals surface area contributed by atoms with Crippen LogP contribution in [0, 0.1) is 11.6 Å². The van der Waals surface area contributed by atoms with Crippen molar-refractivity contribution in [2.45, 2.75) is 38.0 Å². The van der Waals surface area contributed by atoms with Gasteiger partial charge in [0.15, 0.2) is 0 Å². The Labute approximate surface area is 134 Å². The first-order valence-electron chi connectivity index (χ1n) is 7.19. The summed E-state index contributed by atoms with van der Waals surface area (Å²) in [5.74, 6) is -3.75. The Kier molecular flexibility index (Phi) is 5.10. The number of amides is 2. The number of likely N-dealkylation sites (tertiary alicyclic amines) is 1. The number of benzene rings is 1. The van der Waals surface area contributed by atoms with Gasteiger partial charge in [-0.05, 0) is 31.0 Å². The van der Waals surface area contributed by atoms with Gasteiger partial charge in [-0.2, -0.15) is 13.2 Å². The first kappa shape index (κ1) is 18.2. The summed E-state index contributed by atoms with van der Waals surface area (Å²) in [6.07, 6.45) is -5.11. The maximum Gasteiger partial charge on any atom is 0.408 e. The molecule has 2 amide bonds. The Hall–Kier alpha value is -2.19. The second-order valence-corrected chi connectivity index (χ2v) is 5.61. The molecule has 1 aromatic carbocycles. The van der Waals surface area contributed by atoms with Gasteiger partial charge in [0.25, 0.3) is 5.91 Å². The molecule has 2 atom stereocenters. The lowest BCUT2D eigenvalue weighted by atomic mass is 9.96. The lowest BCUT2D eigenvalue weighted by Crippen LogP contribution is -2.58. The Bertz CT molecular complexity index is 647. The standard InChI is InChI=1S/C15H15F5N2O2/c1-8(23)21-10-3-5-13(15(18,19)20)22(7-10)14(24)11-6-9(16)2-4-12(11)17/h2,4,6,10,13H,3,5,7H2,1H3,(H,21,23)/t10-,13+/m1/s1. The highest BCUT2D eigenvalue weighted by Crippen LogP contribution is 2.33. The number of alkyl halides is 3. The molecular weight excluding hydrogens is 335 g/mol. The van der Waals surface area contributed by atoms with Gasteiger partial charge in [-0.25, -0.2) is 8.78 Å². The molecule has 1 saturated heterocycles. The smallest absolute Gasteiger partial charge is 0.352 e. The minimum atomic E-state index is -4.71. The molecule has 1 fully saturated rings. The molecular formula is C15H15F5N2O2. The lowest BCUT2D eigenvalue weighted by Gasteiger charge is -2.40. The minimum absolute atomic E-state index is 0.0270. The molecule has 1 aliphatic rings. The first-order chi connectivity index (χ1) is 11.1. The van der Waals surface area contributed by atoms with Gasteiger partial charge in [-0.3, -0.25) is 9.59 Å². The predicted octanol–water partition coefficient (Wildman–Crippen LogP) is 2.64. The number of nitrogens with one attached hydrogen (secondary N) is 1. The summed E-state index contributed by atoms with van der Waals surface area (Å²) >= 11 is 0. The molecule has 132 valence electrons. The molecule has 1 aromatic rings. The Morgan fingerprint density at radius 2 is 1.88 bits per heavy atom. The van der Waals surface area contributed by atoms with E-state index in [0.717, 1.165) is 6.07 Å². The van der Waals surface area contributed by atoms with E-state index in [-0.39, 0.29) is 6.42 Å². The van der Waals surface area contributed by atoms with E-state index >= 15 is 0 Å². The van der Waals surface area contributed by atoms with Crippen LogP contribution in [0.5, 0.6) is 0 Å². The minimum Gasteiger partial charge on any atom is -0.352 e. The third kappa shape index (κ3) is 4.01. The summed E-state index contributed by atoms with van der Waals surface area (Å²) in [7, 11) is 0. The average Bonchev–Trinajstić information content (AvgIpc) is 2.47. The van der Waals surface area contributed by atoms with E-state index in [1.54, 1.807) is 0 Å². The van der Waals surface area contributed by atoms with Crippen molar-refractivity contribution in [1.82, 2.24) is 10.2 Å². The molecule has 0 spiro atoms. The summed E-state index contributed by atoms with van der Waals surface area (Å²) in [4.78, 5) is 23.9. The van der Waals surface area contributed by atoms with Crippen molar-refractivity contribution >= 4 is 11.8 Å². The third-order valence-electron chi connectivity index (χ3n) is 3.79. The zero-order valence-electron chi connectivity index (χ0n) is 12.7. The van der Waals surface area contributed by atoms with Gasteiger partial charge in [0.2, 0.25) is 5.91 Å². The van der Waals surface area contributed by atoms with Crippen molar-refractivity contribution in [3.05, 3.63) is 35.4 Å². The van der Waals surface area contributed by atoms with Crippen LogP contribution < -0.4 is 5.32 Å². The highest BCUT2D eigenvalue weighted by molar-refractivity contribution is 5.95. The number of rotatable bonds is 2. The fourth-order valence-electron chi connectivity index (χ4n) is 2.76. The fraction of sp³-hybridized carbons (Fsp3) is 0.467. The third-order valence-corrected chi connectivity index (χ3v) is 3.79. The van der Waals surface area contributed by atoms with Crippen molar-refractivity contribution in [1.29, 1.82) is 0 Å². The van der Waals surface area contributed by atoms with Crippen LogP contribution >= 0.6 is 0 Å². The highest BCUT2D eigenvalue weighted by atomic mass is 19.4. The summed E-state index contributed by atoms with van der Waals surface area (Å²) in [6.45, 7) is 0.771. The summed E-state index contributed by atoms with van der Waals surface area (Å²) < 4.78 is 66.5. The largest absolute Gasteiger partial charge is 0.408 e. The molecule has 0 unspecified atom stereocenters. The second-order valence-electron chi connectivity index (χ2n) is 5.61. The van der Waals surface area contributed by atoms with Crippen LogP contribution in [0.15, 0.2) is 18.2 Å². The van der Waals surface area contributed by atoms with Gasteiger partial charge in [-0.1, -0.05) is 0 Å². The lowest BCUT2D eigenvalue weighted by molar-refractivity contribution is -0.184. The topological polar surface area (TPSA) is 49.4 Å². The molecule has 2 rings (SSSR count). The highest BCUT2D eigenvalue weighted by Gasteiger charge is 2.48. The van der Waals surface area contributed by atoms with Crippen LogP contribution in [0.4, 0.5) is 22.0 Å². The Morgan fingerprint density at radius 3 is 2.46 bits per heavy atom. The van der Waals surface area contributed by atoms with Gasteiger partial charge in [0.05, 0.1) is 5.56 Å². The molecule has 1 N–H and O–H groups in total. The zero-order chi connectivity index (χ0) is 18.1. The van der Waals surface area contributed by atoms with E-state index in [2.05, 4.69) is 5.32 Å². The summed E-state index contributed by atoms with van der Waals surface area (Å²) in [5, 5.41) is 2.45. The number of carbonyl (C=O) groups is 2.